The Balaban J connectivity index is 2.05. The molecule has 0 fully saturated rings. The van der Waals surface area contributed by atoms with Crippen molar-refractivity contribution in [2.24, 2.45) is 5.11 Å². The number of thiazole rings is 1. The second kappa shape index (κ2) is 5.02. The third-order valence-corrected chi connectivity index (χ3v) is 3.91. The molecule has 0 saturated heterocycles. The molecule has 0 aliphatic heterocycles. The van der Waals surface area contributed by atoms with Gasteiger partial charge >= 0.3 is 0 Å². The van der Waals surface area contributed by atoms with E-state index in [1.165, 1.54) is 4.70 Å². The highest BCUT2D eigenvalue weighted by atomic mass is 32.2. The van der Waals surface area contributed by atoms with E-state index in [-0.39, 0.29) is 0 Å². The minimum atomic E-state index is 0.511. The van der Waals surface area contributed by atoms with E-state index >= 15 is 0 Å². The molecule has 0 aliphatic carbocycles. The van der Waals surface area contributed by atoms with Gasteiger partial charge in [0.15, 0.2) is 4.34 Å². The molecule has 0 spiro atoms. The molecule has 0 aliphatic rings. The van der Waals surface area contributed by atoms with Crippen LogP contribution in [0.5, 0.6) is 0 Å². The van der Waals surface area contributed by atoms with Crippen molar-refractivity contribution >= 4 is 33.3 Å². The lowest BCUT2D eigenvalue weighted by molar-refractivity contribution is 1.12. The Labute approximate surface area is 95.0 Å². The van der Waals surface area contributed by atoms with E-state index in [1.54, 1.807) is 23.1 Å². The minimum Gasteiger partial charge on any atom is -0.230 e. The number of thioether (sulfide) groups is 1. The third-order valence-electron chi connectivity index (χ3n) is 1.75. The summed E-state index contributed by atoms with van der Waals surface area (Å²) in [5.74, 6) is 0.782. The van der Waals surface area contributed by atoms with Crippen molar-refractivity contribution in [2.75, 3.05) is 12.3 Å². The fraction of sp³-hybridized carbons (Fsp3) is 0.222. The molecule has 1 aromatic heterocycles. The number of rotatable bonds is 4. The normalized spacial score (nSPS) is 10.1. The molecule has 0 amide bonds. The zero-order chi connectivity index (χ0) is 10.5. The molecule has 2 rings (SSSR count). The standard InChI is InChI=1S/C9H8N4S2/c10-13-11-5-6-14-9-12-7-3-1-2-4-8(7)15-9/h1-4H,5-6H2. The molecule has 15 heavy (non-hydrogen) atoms. The van der Waals surface area contributed by atoms with Gasteiger partial charge in [0.1, 0.15) is 0 Å². The van der Waals surface area contributed by atoms with Crippen LogP contribution in [0.4, 0.5) is 0 Å². The number of para-hydroxylation sites is 1. The van der Waals surface area contributed by atoms with Crippen LogP contribution in [0.15, 0.2) is 33.7 Å². The lowest BCUT2D eigenvalue weighted by Crippen LogP contribution is -1.81. The highest BCUT2D eigenvalue weighted by molar-refractivity contribution is 8.01. The second-order valence-electron chi connectivity index (χ2n) is 2.75. The summed E-state index contributed by atoms with van der Waals surface area (Å²) >= 11 is 3.30. The molecular weight excluding hydrogens is 228 g/mol. The van der Waals surface area contributed by atoms with Crippen LogP contribution in [-0.2, 0) is 0 Å². The summed E-state index contributed by atoms with van der Waals surface area (Å²) in [7, 11) is 0. The molecule has 0 unspecified atom stereocenters. The molecule has 0 N–H and O–H groups in total. The van der Waals surface area contributed by atoms with Crippen molar-refractivity contribution < 1.29 is 0 Å². The van der Waals surface area contributed by atoms with E-state index in [0.29, 0.717) is 6.54 Å². The van der Waals surface area contributed by atoms with Crippen molar-refractivity contribution in [3.05, 3.63) is 34.7 Å². The Hall–Kier alpha value is -1.23. The first-order valence-electron chi connectivity index (χ1n) is 4.39. The monoisotopic (exact) mass is 236 g/mol. The predicted molar refractivity (Wildman–Crippen MR) is 64.4 cm³/mol. The van der Waals surface area contributed by atoms with Crippen LogP contribution in [0.25, 0.3) is 20.7 Å². The van der Waals surface area contributed by atoms with Gasteiger partial charge in [0.2, 0.25) is 0 Å². The first-order valence-corrected chi connectivity index (χ1v) is 6.19. The van der Waals surface area contributed by atoms with Crippen LogP contribution in [0.3, 0.4) is 0 Å². The molecule has 0 atom stereocenters. The van der Waals surface area contributed by atoms with Crippen LogP contribution in [0.1, 0.15) is 0 Å². The van der Waals surface area contributed by atoms with E-state index in [2.05, 4.69) is 21.1 Å². The molecule has 2 aromatic rings. The van der Waals surface area contributed by atoms with E-state index in [4.69, 9.17) is 5.53 Å². The summed E-state index contributed by atoms with van der Waals surface area (Å²) in [6.07, 6.45) is 0. The molecule has 1 heterocycles. The van der Waals surface area contributed by atoms with Crippen LogP contribution >= 0.6 is 23.1 Å². The number of hydrogen-bond donors (Lipinski definition) is 0. The van der Waals surface area contributed by atoms with Gasteiger partial charge < -0.3 is 0 Å². The van der Waals surface area contributed by atoms with Crippen molar-refractivity contribution in [3.63, 3.8) is 0 Å². The van der Waals surface area contributed by atoms with Gasteiger partial charge in [0.05, 0.1) is 10.2 Å². The summed E-state index contributed by atoms with van der Waals surface area (Å²) in [4.78, 5) is 7.16. The van der Waals surface area contributed by atoms with Gasteiger partial charge in [-0.15, -0.1) is 11.3 Å². The topological polar surface area (TPSA) is 61.7 Å². The highest BCUT2D eigenvalue weighted by Crippen LogP contribution is 2.28. The maximum atomic E-state index is 8.11. The van der Waals surface area contributed by atoms with Crippen molar-refractivity contribution in [1.29, 1.82) is 0 Å². The molecule has 6 heteroatoms. The number of azide groups is 1. The predicted octanol–water partition coefficient (Wildman–Crippen LogP) is 3.70. The van der Waals surface area contributed by atoms with Crippen LogP contribution in [-0.4, -0.2) is 17.3 Å². The summed E-state index contributed by atoms with van der Waals surface area (Å²) < 4.78 is 2.23. The Morgan fingerprint density at radius 3 is 3.13 bits per heavy atom. The average molecular weight is 236 g/mol. The number of nitrogens with zero attached hydrogens (tertiary/aromatic N) is 4. The van der Waals surface area contributed by atoms with Crippen LogP contribution in [0, 0.1) is 0 Å². The molecule has 0 saturated carbocycles. The molecule has 0 bridgehead atoms. The van der Waals surface area contributed by atoms with Crippen LogP contribution < -0.4 is 0 Å². The first-order chi connectivity index (χ1) is 7.40. The van der Waals surface area contributed by atoms with Gasteiger partial charge in [0.25, 0.3) is 0 Å². The number of fused-ring (bicyclic) bond motifs is 1. The van der Waals surface area contributed by atoms with Gasteiger partial charge in [-0.2, -0.15) is 0 Å². The summed E-state index contributed by atoms with van der Waals surface area (Å²) in [6, 6.07) is 8.05. The van der Waals surface area contributed by atoms with Gasteiger partial charge in [-0.05, 0) is 17.7 Å². The lowest BCUT2D eigenvalue weighted by atomic mass is 10.3. The molecule has 1 aromatic carbocycles. The SMILES string of the molecule is [N-]=[N+]=NCCSc1nc2ccccc2s1. The van der Waals surface area contributed by atoms with E-state index in [9.17, 15) is 0 Å². The number of hydrogen-bond acceptors (Lipinski definition) is 4. The smallest absolute Gasteiger partial charge is 0.151 e. The third kappa shape index (κ3) is 2.62. The van der Waals surface area contributed by atoms with Gasteiger partial charge in [-0.25, -0.2) is 4.98 Å². The Morgan fingerprint density at radius 2 is 2.33 bits per heavy atom. The van der Waals surface area contributed by atoms with Gasteiger partial charge in [-0.1, -0.05) is 29.0 Å². The highest BCUT2D eigenvalue weighted by Gasteiger charge is 2.02. The van der Waals surface area contributed by atoms with Gasteiger partial charge in [0, 0.05) is 17.2 Å². The van der Waals surface area contributed by atoms with E-state index < -0.39 is 0 Å². The first kappa shape index (κ1) is 10.3. The van der Waals surface area contributed by atoms with Gasteiger partial charge in [-0.3, -0.25) is 0 Å². The summed E-state index contributed by atoms with van der Waals surface area (Å²) in [6.45, 7) is 0.511. The molecular formula is C9H8N4S2. The molecule has 4 nitrogen and oxygen atoms in total. The maximum absolute atomic E-state index is 8.11. The zero-order valence-corrected chi connectivity index (χ0v) is 9.46. The van der Waals surface area contributed by atoms with Crippen molar-refractivity contribution in [1.82, 2.24) is 4.98 Å². The zero-order valence-electron chi connectivity index (χ0n) is 7.83. The van der Waals surface area contributed by atoms with E-state index in [0.717, 1.165) is 15.6 Å². The summed E-state index contributed by atoms with van der Waals surface area (Å²) in [5.41, 5.74) is 9.15. The second-order valence-corrected chi connectivity index (χ2v) is 5.12. The Morgan fingerprint density at radius 1 is 1.47 bits per heavy atom. The largest absolute Gasteiger partial charge is 0.230 e. The lowest BCUT2D eigenvalue weighted by Gasteiger charge is -1.89. The average Bonchev–Trinajstić information content (AvgIpc) is 2.67. The number of aromatic nitrogens is 1. The fourth-order valence-corrected chi connectivity index (χ4v) is 3.09. The molecule has 76 valence electrons. The molecule has 0 radical (unpaired) electrons. The quantitative estimate of drug-likeness (QED) is 0.267. The van der Waals surface area contributed by atoms with Crippen molar-refractivity contribution in [2.45, 2.75) is 4.34 Å². The Kier molecular flexibility index (Phi) is 3.45. The number of benzene rings is 1. The van der Waals surface area contributed by atoms with E-state index in [1.807, 2.05) is 18.2 Å². The maximum Gasteiger partial charge on any atom is 0.151 e. The van der Waals surface area contributed by atoms with Crippen molar-refractivity contribution in [3.8, 4) is 0 Å². The fourth-order valence-electron chi connectivity index (χ4n) is 1.13. The Bertz CT molecular complexity index is 469. The van der Waals surface area contributed by atoms with Crippen LogP contribution in [0.2, 0.25) is 0 Å². The summed E-state index contributed by atoms with van der Waals surface area (Å²) in [5, 5.41) is 3.48. The minimum absolute atomic E-state index is 0.511.